The molecule has 100 valence electrons. The van der Waals surface area contributed by atoms with Gasteiger partial charge in [0.05, 0.1) is 0 Å². The van der Waals surface area contributed by atoms with Gasteiger partial charge in [-0.3, -0.25) is 0 Å². The molecule has 0 saturated heterocycles. The average Bonchev–Trinajstić information content (AvgIpc) is 2.30. The van der Waals surface area contributed by atoms with Crippen LogP contribution in [0.3, 0.4) is 0 Å². The van der Waals surface area contributed by atoms with Crippen LogP contribution in [0.15, 0.2) is 18.2 Å². The van der Waals surface area contributed by atoms with E-state index in [4.69, 9.17) is 5.73 Å². The quantitative estimate of drug-likeness (QED) is 0.781. The van der Waals surface area contributed by atoms with Crippen molar-refractivity contribution in [2.45, 2.75) is 46.0 Å². The molecule has 2 nitrogen and oxygen atoms in total. The van der Waals surface area contributed by atoms with E-state index in [0.29, 0.717) is 0 Å². The summed E-state index contributed by atoms with van der Waals surface area (Å²) in [4.78, 5) is 0. The Morgan fingerprint density at radius 2 is 1.89 bits per heavy atom. The van der Waals surface area contributed by atoms with E-state index in [1.54, 1.807) is 0 Å². The summed E-state index contributed by atoms with van der Waals surface area (Å²) in [7, 11) is 0. The van der Waals surface area contributed by atoms with Crippen LogP contribution in [-0.4, -0.2) is 6.54 Å². The molecule has 1 aromatic rings. The fourth-order valence-electron chi connectivity index (χ4n) is 2.95. The van der Waals surface area contributed by atoms with Crippen LogP contribution in [0.2, 0.25) is 0 Å². The molecule has 1 saturated carbocycles. The van der Waals surface area contributed by atoms with E-state index in [-0.39, 0.29) is 0 Å². The molecule has 1 fully saturated rings. The maximum Gasteiger partial charge on any atom is 0.0363 e. The van der Waals surface area contributed by atoms with Crippen molar-refractivity contribution in [1.29, 1.82) is 0 Å². The van der Waals surface area contributed by atoms with Gasteiger partial charge in [0, 0.05) is 17.9 Å². The number of benzene rings is 1. The smallest absolute Gasteiger partial charge is 0.0363 e. The van der Waals surface area contributed by atoms with Crippen molar-refractivity contribution in [3.8, 4) is 0 Å². The lowest BCUT2D eigenvalue weighted by atomic mass is 9.81. The first-order chi connectivity index (χ1) is 8.63. The Hall–Kier alpha value is -1.18. The summed E-state index contributed by atoms with van der Waals surface area (Å²) in [6.07, 6.45) is 6.96. The van der Waals surface area contributed by atoms with Crippen LogP contribution in [-0.2, 0) is 0 Å². The van der Waals surface area contributed by atoms with Crippen molar-refractivity contribution in [1.82, 2.24) is 0 Å². The van der Waals surface area contributed by atoms with Crippen molar-refractivity contribution in [3.63, 3.8) is 0 Å². The fraction of sp³-hybridized carbons (Fsp3) is 0.625. The minimum absolute atomic E-state index is 0.851. The van der Waals surface area contributed by atoms with E-state index < -0.39 is 0 Å². The van der Waals surface area contributed by atoms with Crippen molar-refractivity contribution in [3.05, 3.63) is 23.8 Å². The number of nitrogens with one attached hydrogen (secondary N) is 1. The monoisotopic (exact) mass is 246 g/mol. The molecule has 0 amide bonds. The number of aryl methyl sites for hydroxylation is 1. The maximum absolute atomic E-state index is 5.85. The number of nitrogen functional groups attached to an aromatic ring is 1. The summed E-state index contributed by atoms with van der Waals surface area (Å²) in [5, 5.41) is 3.50. The number of nitrogens with two attached hydrogens (primary N) is 1. The third-order valence-electron chi connectivity index (χ3n) is 4.12. The highest BCUT2D eigenvalue weighted by atomic mass is 14.9. The van der Waals surface area contributed by atoms with Crippen molar-refractivity contribution >= 4 is 11.4 Å². The van der Waals surface area contributed by atoms with E-state index in [1.807, 2.05) is 12.1 Å². The van der Waals surface area contributed by atoms with Gasteiger partial charge in [-0.05, 0) is 48.9 Å². The molecule has 0 aliphatic heterocycles. The van der Waals surface area contributed by atoms with Gasteiger partial charge in [-0.1, -0.05) is 32.6 Å². The van der Waals surface area contributed by atoms with Gasteiger partial charge >= 0.3 is 0 Å². The number of rotatable bonds is 4. The predicted octanol–water partition coefficient (Wildman–Crippen LogP) is 4.21. The third-order valence-corrected chi connectivity index (χ3v) is 4.12. The highest BCUT2D eigenvalue weighted by Gasteiger charge is 2.17. The van der Waals surface area contributed by atoms with Crippen LogP contribution >= 0.6 is 0 Å². The molecule has 0 bridgehead atoms. The summed E-state index contributed by atoms with van der Waals surface area (Å²) >= 11 is 0. The molecule has 1 aliphatic carbocycles. The zero-order valence-electron chi connectivity index (χ0n) is 11.7. The van der Waals surface area contributed by atoms with E-state index >= 15 is 0 Å². The molecular formula is C16H26N2. The molecule has 1 aliphatic rings. The van der Waals surface area contributed by atoms with E-state index in [9.17, 15) is 0 Å². The summed E-state index contributed by atoms with van der Waals surface area (Å²) < 4.78 is 0. The van der Waals surface area contributed by atoms with Gasteiger partial charge in [0.15, 0.2) is 0 Å². The summed E-state index contributed by atoms with van der Waals surface area (Å²) in [5.41, 5.74) is 9.09. The highest BCUT2D eigenvalue weighted by molar-refractivity contribution is 5.56. The lowest BCUT2D eigenvalue weighted by Gasteiger charge is -2.26. The minimum Gasteiger partial charge on any atom is -0.399 e. The molecule has 0 heterocycles. The molecule has 0 spiro atoms. The predicted molar refractivity (Wildman–Crippen MR) is 79.8 cm³/mol. The zero-order chi connectivity index (χ0) is 13.0. The zero-order valence-corrected chi connectivity index (χ0v) is 11.7. The molecule has 0 atom stereocenters. The normalized spacial score (nSPS) is 23.9. The molecule has 18 heavy (non-hydrogen) atoms. The molecular weight excluding hydrogens is 220 g/mol. The Morgan fingerprint density at radius 1 is 1.17 bits per heavy atom. The van der Waals surface area contributed by atoms with Gasteiger partial charge in [0.25, 0.3) is 0 Å². The van der Waals surface area contributed by atoms with Crippen molar-refractivity contribution in [2.75, 3.05) is 17.6 Å². The second-order valence-corrected chi connectivity index (χ2v) is 5.97. The van der Waals surface area contributed by atoms with E-state index in [1.165, 1.54) is 37.7 Å². The van der Waals surface area contributed by atoms with Crippen molar-refractivity contribution in [2.24, 2.45) is 11.8 Å². The van der Waals surface area contributed by atoms with Crippen LogP contribution in [0.5, 0.6) is 0 Å². The maximum atomic E-state index is 5.85. The molecule has 0 radical (unpaired) electrons. The van der Waals surface area contributed by atoms with E-state index in [0.717, 1.165) is 29.8 Å². The summed E-state index contributed by atoms with van der Waals surface area (Å²) in [6.45, 7) is 5.54. The Labute approximate surface area is 111 Å². The summed E-state index contributed by atoms with van der Waals surface area (Å²) in [5.74, 6) is 1.88. The highest BCUT2D eigenvalue weighted by Crippen LogP contribution is 2.30. The lowest BCUT2D eigenvalue weighted by Crippen LogP contribution is -2.15. The number of hydrogen-bond donors (Lipinski definition) is 2. The first-order valence-corrected chi connectivity index (χ1v) is 7.24. The second kappa shape index (κ2) is 6.12. The number of hydrogen-bond acceptors (Lipinski definition) is 2. The second-order valence-electron chi connectivity index (χ2n) is 5.97. The van der Waals surface area contributed by atoms with Gasteiger partial charge in [-0.15, -0.1) is 0 Å². The SMILES string of the molecule is Cc1cc(N)cc(NCCC2CCC(C)CC2)c1. The minimum atomic E-state index is 0.851. The van der Waals surface area contributed by atoms with Gasteiger partial charge in [-0.25, -0.2) is 0 Å². The fourth-order valence-corrected chi connectivity index (χ4v) is 2.95. The lowest BCUT2D eigenvalue weighted by molar-refractivity contribution is 0.282. The largest absolute Gasteiger partial charge is 0.399 e. The van der Waals surface area contributed by atoms with Crippen LogP contribution < -0.4 is 11.1 Å². The Bertz CT molecular complexity index is 358. The Morgan fingerprint density at radius 3 is 2.56 bits per heavy atom. The molecule has 2 heteroatoms. The molecule has 2 rings (SSSR count). The van der Waals surface area contributed by atoms with E-state index in [2.05, 4.69) is 25.2 Å². The van der Waals surface area contributed by atoms with Crippen LogP contribution in [0.4, 0.5) is 11.4 Å². The number of anilines is 2. The van der Waals surface area contributed by atoms with Gasteiger partial charge in [-0.2, -0.15) is 0 Å². The summed E-state index contributed by atoms with van der Waals surface area (Å²) in [6, 6.07) is 6.20. The van der Waals surface area contributed by atoms with Gasteiger partial charge < -0.3 is 11.1 Å². The topological polar surface area (TPSA) is 38.0 Å². The molecule has 0 unspecified atom stereocenters. The first kappa shape index (κ1) is 13.3. The third kappa shape index (κ3) is 3.94. The molecule has 0 aromatic heterocycles. The molecule has 3 N–H and O–H groups in total. The Balaban J connectivity index is 1.74. The van der Waals surface area contributed by atoms with Crippen LogP contribution in [0, 0.1) is 18.8 Å². The first-order valence-electron chi connectivity index (χ1n) is 7.24. The van der Waals surface area contributed by atoms with Crippen molar-refractivity contribution < 1.29 is 0 Å². The molecule has 1 aromatic carbocycles. The van der Waals surface area contributed by atoms with Gasteiger partial charge in [0.2, 0.25) is 0 Å². The van der Waals surface area contributed by atoms with Gasteiger partial charge in [0.1, 0.15) is 0 Å². The standard InChI is InChI=1S/C16H26N2/c1-12-3-5-14(6-4-12)7-8-18-16-10-13(2)9-15(17)11-16/h9-12,14,18H,3-8,17H2,1-2H3. The Kier molecular flexibility index (Phi) is 4.51. The van der Waals surface area contributed by atoms with Crippen LogP contribution in [0.25, 0.3) is 0 Å². The van der Waals surface area contributed by atoms with Crippen LogP contribution in [0.1, 0.15) is 44.6 Å². The average molecular weight is 246 g/mol.